The maximum absolute atomic E-state index is 13.7. The molecule has 0 aliphatic carbocycles. The molecule has 2 aliphatic rings. The number of benzene rings is 2. The third-order valence-electron chi connectivity index (χ3n) is 9.13. The summed E-state index contributed by atoms with van der Waals surface area (Å²) in [5.74, 6) is 0.638. The maximum Gasteiger partial charge on any atom is 0.416 e. The van der Waals surface area contributed by atoms with Crippen LogP contribution in [0.1, 0.15) is 50.5 Å². The molecule has 18 heteroatoms. The summed E-state index contributed by atoms with van der Waals surface area (Å²) in [4.78, 5) is 25.8. The first-order valence-corrected chi connectivity index (χ1v) is 19.3. The molecule has 2 aliphatic heterocycles. The van der Waals surface area contributed by atoms with Crippen molar-refractivity contribution in [3.8, 4) is 5.75 Å². The van der Waals surface area contributed by atoms with Gasteiger partial charge in [0.1, 0.15) is 29.8 Å². The molecule has 2 aromatic carbocycles. The van der Waals surface area contributed by atoms with E-state index in [0.29, 0.717) is 48.0 Å². The van der Waals surface area contributed by atoms with Crippen LogP contribution in [0.25, 0.3) is 11.0 Å². The highest BCUT2D eigenvalue weighted by Crippen LogP contribution is 2.53. The Bertz CT molecular complexity index is 1880. The van der Waals surface area contributed by atoms with E-state index < -0.39 is 38.4 Å². The van der Waals surface area contributed by atoms with Crippen LogP contribution in [0.4, 0.5) is 24.9 Å². The van der Waals surface area contributed by atoms with E-state index in [1.165, 1.54) is 30.1 Å². The molecule has 3 N–H and O–H groups in total. The minimum absolute atomic E-state index is 0.0703. The fourth-order valence-electron chi connectivity index (χ4n) is 6.56. The maximum atomic E-state index is 13.7. The number of halogens is 4. The zero-order valence-corrected chi connectivity index (χ0v) is 31.4. The van der Waals surface area contributed by atoms with Gasteiger partial charge in [-0.25, -0.2) is 4.67 Å². The predicted octanol–water partition coefficient (Wildman–Crippen LogP) is 7.75. The number of hydrogen-bond donors (Lipinski definition) is 2. The Kier molecular flexibility index (Phi) is 11.8. The molecule has 0 radical (unpaired) electrons. The van der Waals surface area contributed by atoms with Gasteiger partial charge >= 0.3 is 20.7 Å². The molecule has 52 heavy (non-hydrogen) atoms. The lowest BCUT2D eigenvalue weighted by Crippen LogP contribution is -2.47. The van der Waals surface area contributed by atoms with Crippen LogP contribution in [0.3, 0.4) is 0 Å². The summed E-state index contributed by atoms with van der Waals surface area (Å²) in [7, 11) is -0.0778. The Balaban J connectivity index is 1.19. The van der Waals surface area contributed by atoms with E-state index in [4.69, 9.17) is 35.9 Å². The summed E-state index contributed by atoms with van der Waals surface area (Å²) < 4.78 is 69.7. The molecule has 4 aromatic rings. The minimum Gasteiger partial charge on any atom is -0.459 e. The number of rotatable bonds is 13. The van der Waals surface area contributed by atoms with Crippen molar-refractivity contribution in [3.05, 3.63) is 76.9 Å². The Morgan fingerprint density at radius 1 is 1.21 bits per heavy atom. The second-order valence-electron chi connectivity index (χ2n) is 12.9. The van der Waals surface area contributed by atoms with Gasteiger partial charge in [-0.3, -0.25) is 9.80 Å². The van der Waals surface area contributed by atoms with Crippen LogP contribution in [0.5, 0.6) is 5.75 Å². The second kappa shape index (κ2) is 15.9. The lowest BCUT2D eigenvalue weighted by molar-refractivity contribution is -0.156. The molecule has 5 unspecified atom stereocenters. The third-order valence-corrected chi connectivity index (χ3v) is 11.6. The topological polar surface area (TPSA) is 129 Å². The first kappa shape index (κ1) is 38.4. The summed E-state index contributed by atoms with van der Waals surface area (Å²) in [6, 6.07) is 13.8. The van der Waals surface area contributed by atoms with Crippen molar-refractivity contribution in [3.63, 3.8) is 0 Å². The number of carbonyl (C=O) groups is 1. The quantitative estimate of drug-likeness (QED) is 0.0596. The van der Waals surface area contributed by atoms with Crippen LogP contribution in [0.15, 0.2) is 60.8 Å². The van der Waals surface area contributed by atoms with E-state index in [2.05, 4.69) is 21.7 Å². The van der Waals surface area contributed by atoms with Gasteiger partial charge in [0.15, 0.2) is 5.82 Å². The number of fused-ring (bicyclic) bond motifs is 1. The lowest BCUT2D eigenvalue weighted by Gasteiger charge is -2.36. The van der Waals surface area contributed by atoms with Crippen LogP contribution in [0.2, 0.25) is 5.02 Å². The Labute approximate surface area is 310 Å². The Hall–Kier alpha value is -3.37. The molecule has 2 saturated heterocycles. The molecule has 0 bridgehead atoms. The summed E-state index contributed by atoms with van der Waals surface area (Å²) in [5.41, 5.74) is 4.55. The van der Waals surface area contributed by atoms with E-state index in [1.54, 1.807) is 36.2 Å². The van der Waals surface area contributed by atoms with Crippen molar-refractivity contribution in [2.45, 2.75) is 63.8 Å². The average Bonchev–Trinajstić information content (AvgIpc) is 3.82. The average molecular weight is 782 g/mol. The van der Waals surface area contributed by atoms with Gasteiger partial charge in [-0.05, 0) is 68.8 Å². The molecule has 2 aromatic heterocycles. The van der Waals surface area contributed by atoms with E-state index in [-0.39, 0.29) is 36.4 Å². The fourth-order valence-corrected chi connectivity index (χ4v) is 8.78. The van der Waals surface area contributed by atoms with Gasteiger partial charge in [-0.1, -0.05) is 48.7 Å². The van der Waals surface area contributed by atoms with Gasteiger partial charge in [-0.15, -0.1) is 0 Å². The number of hydrogen-bond acceptors (Lipinski definition) is 12. The number of hydrazine groups is 1. The number of anilines is 2. The number of esters is 1. The molecule has 280 valence electrons. The SMILES string of the molecule is CSNN(C)c1nc(N)nc2c1ccn2C1OC(COP(Oc2ccc(Cl)cc2)N2CCCC2(C)C(=O)OCc2ccccc2C(F)(F)F)CC1C. The molecule has 0 spiro atoms. The van der Waals surface area contributed by atoms with Crippen molar-refractivity contribution >= 4 is 60.8 Å². The van der Waals surface area contributed by atoms with Crippen molar-refractivity contribution in [2.24, 2.45) is 5.92 Å². The largest absolute Gasteiger partial charge is 0.459 e. The standard InChI is InChI=1S/C34H40ClF3N7O5PS/c1-21-18-25(49-30(21)44-17-14-26-28(43(3)42-52-4)40-32(39)41-29(26)44)20-48-51(50-24-12-10-23(35)11-13-24)45-16-7-15-33(45,2)31(46)47-19-22-8-5-6-9-27(22)34(36,37)38/h5-6,8-14,17,21,25,30,42H,7,15-16,18-20H2,1-4H3,(H2,39,40,41). The van der Waals surface area contributed by atoms with Gasteiger partial charge in [0.25, 0.3) is 0 Å². The zero-order chi connectivity index (χ0) is 37.2. The lowest BCUT2D eigenvalue weighted by atomic mass is 10.0. The minimum atomic E-state index is -4.58. The Morgan fingerprint density at radius 3 is 2.69 bits per heavy atom. The first-order chi connectivity index (χ1) is 24.8. The first-order valence-electron chi connectivity index (χ1n) is 16.6. The van der Waals surface area contributed by atoms with Crippen LogP contribution in [-0.2, 0) is 31.6 Å². The van der Waals surface area contributed by atoms with Gasteiger partial charge in [0, 0.05) is 36.3 Å². The van der Waals surface area contributed by atoms with Crippen LogP contribution < -0.4 is 20.1 Å². The number of nitrogens with zero attached hydrogens (tertiary/aromatic N) is 5. The summed E-state index contributed by atoms with van der Waals surface area (Å²) in [6.45, 7) is 3.84. The molecule has 5 atom stereocenters. The summed E-state index contributed by atoms with van der Waals surface area (Å²) in [5, 5.41) is 3.10. The third kappa shape index (κ3) is 8.23. The summed E-state index contributed by atoms with van der Waals surface area (Å²) >= 11 is 7.55. The molecule has 4 heterocycles. The van der Waals surface area contributed by atoms with E-state index >= 15 is 0 Å². The van der Waals surface area contributed by atoms with E-state index in [9.17, 15) is 18.0 Å². The second-order valence-corrected chi connectivity index (χ2v) is 15.3. The summed E-state index contributed by atoms with van der Waals surface area (Å²) in [6.07, 6.45) is 0.193. The van der Waals surface area contributed by atoms with Crippen molar-refractivity contribution in [1.29, 1.82) is 0 Å². The van der Waals surface area contributed by atoms with E-state index in [1.807, 2.05) is 34.8 Å². The highest BCUT2D eigenvalue weighted by Gasteiger charge is 2.51. The molecule has 2 fully saturated rings. The highest BCUT2D eigenvalue weighted by molar-refractivity contribution is 7.96. The van der Waals surface area contributed by atoms with Gasteiger partial charge in [0.2, 0.25) is 5.95 Å². The molecule has 0 saturated carbocycles. The smallest absolute Gasteiger partial charge is 0.416 e. The number of alkyl halides is 3. The molecular formula is C34H40ClF3N7O5PS. The molecular weight excluding hydrogens is 742 g/mol. The van der Waals surface area contributed by atoms with Gasteiger partial charge in [0.05, 0.1) is 23.7 Å². The number of ether oxygens (including phenoxy) is 2. The molecule has 12 nitrogen and oxygen atoms in total. The number of carbonyl (C=O) groups excluding carboxylic acids is 1. The van der Waals surface area contributed by atoms with Crippen molar-refractivity contribution in [1.82, 2.24) is 24.0 Å². The number of nitrogen functional groups attached to an aromatic ring is 1. The monoisotopic (exact) mass is 781 g/mol. The number of nitrogens with two attached hydrogens (primary N) is 1. The molecule has 0 amide bonds. The van der Waals surface area contributed by atoms with E-state index in [0.717, 1.165) is 11.5 Å². The van der Waals surface area contributed by atoms with Crippen LogP contribution in [-0.4, -0.2) is 63.3 Å². The zero-order valence-electron chi connectivity index (χ0n) is 29.0. The number of aromatic nitrogens is 3. The Morgan fingerprint density at radius 2 is 1.96 bits per heavy atom. The van der Waals surface area contributed by atoms with Crippen molar-refractivity contribution < 1.29 is 36.5 Å². The molecule has 6 rings (SSSR count). The van der Waals surface area contributed by atoms with Crippen molar-refractivity contribution in [2.75, 3.05) is 37.2 Å². The normalized spacial score (nSPS) is 22.9. The van der Waals surface area contributed by atoms with Crippen LogP contribution >= 0.6 is 32.1 Å². The predicted molar refractivity (Wildman–Crippen MR) is 195 cm³/mol. The highest BCUT2D eigenvalue weighted by atomic mass is 35.5. The fraction of sp³-hybridized carbons (Fsp3) is 0.441. The van der Waals surface area contributed by atoms with Gasteiger partial charge < -0.3 is 28.8 Å². The number of nitrogens with one attached hydrogen (secondary N) is 1. The van der Waals surface area contributed by atoms with Crippen LogP contribution in [0, 0.1) is 5.92 Å². The van der Waals surface area contributed by atoms with Gasteiger partial charge in [-0.2, -0.15) is 28.0 Å².